The fourth-order valence-corrected chi connectivity index (χ4v) is 3.45. The molecule has 1 aromatic heterocycles. The molecule has 124 valence electrons. The molecule has 1 amide bonds. The molecule has 1 aromatic carbocycles. The van der Waals surface area contributed by atoms with Crippen LogP contribution >= 0.6 is 11.8 Å². The molecule has 0 saturated heterocycles. The van der Waals surface area contributed by atoms with E-state index in [0.717, 1.165) is 22.7 Å². The molecule has 0 unspecified atom stereocenters. The summed E-state index contributed by atoms with van der Waals surface area (Å²) in [5.41, 5.74) is 4.12. The summed E-state index contributed by atoms with van der Waals surface area (Å²) in [6.07, 6.45) is 0. The molecule has 0 aliphatic rings. The third-order valence-electron chi connectivity index (χ3n) is 3.92. The largest absolute Gasteiger partial charge is 0.352 e. The number of aryl methyl sites for hydroxylation is 3. The first-order chi connectivity index (χ1) is 10.9. The van der Waals surface area contributed by atoms with Crippen molar-refractivity contribution in [2.75, 3.05) is 5.75 Å². The van der Waals surface area contributed by atoms with Gasteiger partial charge < -0.3 is 5.32 Å². The van der Waals surface area contributed by atoms with E-state index in [-0.39, 0.29) is 17.9 Å². The highest BCUT2D eigenvalue weighted by molar-refractivity contribution is 7.99. The van der Waals surface area contributed by atoms with E-state index in [1.54, 1.807) is 11.8 Å². The van der Waals surface area contributed by atoms with Gasteiger partial charge in [0.05, 0.1) is 11.6 Å². The Kier molecular flexibility index (Phi) is 5.88. The summed E-state index contributed by atoms with van der Waals surface area (Å²) in [5.74, 6) is 0.709. The average molecular weight is 331 g/mol. The van der Waals surface area contributed by atoms with E-state index in [9.17, 15) is 4.79 Å². The molecule has 0 aliphatic carbocycles. The number of carbonyl (C=O) groups is 1. The molecule has 4 nitrogen and oxygen atoms in total. The zero-order valence-electron chi connectivity index (χ0n) is 14.4. The van der Waals surface area contributed by atoms with Crippen LogP contribution < -0.4 is 5.32 Å². The number of hydrogen-bond donors (Lipinski definition) is 2. The fourth-order valence-electron chi connectivity index (χ4n) is 2.59. The van der Waals surface area contributed by atoms with Crippen molar-refractivity contribution >= 4 is 17.7 Å². The summed E-state index contributed by atoms with van der Waals surface area (Å²) in [6.45, 7) is 9.94. The van der Waals surface area contributed by atoms with Crippen LogP contribution in [0.4, 0.5) is 0 Å². The SMILES string of the molecule is Cc1ccc(SC[C@H](C)NC(=O)[C@@H](C)c2c(C)n[nH]c2C)cc1. The number of benzene rings is 1. The lowest BCUT2D eigenvalue weighted by Gasteiger charge is -2.18. The lowest BCUT2D eigenvalue weighted by atomic mass is 9.98. The van der Waals surface area contributed by atoms with Gasteiger partial charge in [0, 0.05) is 27.9 Å². The second-order valence-electron chi connectivity index (χ2n) is 6.10. The number of carbonyl (C=O) groups excluding carboxylic acids is 1. The number of aromatic amines is 1. The Morgan fingerprint density at radius 1 is 1.22 bits per heavy atom. The summed E-state index contributed by atoms with van der Waals surface area (Å²) in [4.78, 5) is 13.7. The maximum Gasteiger partial charge on any atom is 0.227 e. The van der Waals surface area contributed by atoms with Crippen molar-refractivity contribution in [2.45, 2.75) is 51.5 Å². The third kappa shape index (κ3) is 4.61. The summed E-state index contributed by atoms with van der Waals surface area (Å²) in [7, 11) is 0. The molecule has 2 aromatic rings. The Labute approximate surface area is 142 Å². The van der Waals surface area contributed by atoms with Gasteiger partial charge in [-0.3, -0.25) is 9.89 Å². The summed E-state index contributed by atoms with van der Waals surface area (Å²) in [5, 5.41) is 10.2. The second-order valence-corrected chi connectivity index (χ2v) is 7.20. The van der Waals surface area contributed by atoms with Crippen molar-refractivity contribution < 1.29 is 4.79 Å². The number of nitrogens with zero attached hydrogens (tertiary/aromatic N) is 1. The van der Waals surface area contributed by atoms with Crippen molar-refractivity contribution in [3.05, 3.63) is 46.8 Å². The molecular weight excluding hydrogens is 306 g/mol. The van der Waals surface area contributed by atoms with Gasteiger partial charge in [-0.15, -0.1) is 11.8 Å². The number of hydrogen-bond acceptors (Lipinski definition) is 3. The number of nitrogens with one attached hydrogen (secondary N) is 2. The molecule has 0 saturated carbocycles. The normalized spacial score (nSPS) is 13.6. The minimum Gasteiger partial charge on any atom is -0.352 e. The molecule has 0 spiro atoms. The molecular formula is C18H25N3OS. The van der Waals surface area contributed by atoms with Gasteiger partial charge in [0.1, 0.15) is 0 Å². The maximum absolute atomic E-state index is 12.5. The molecule has 1 heterocycles. The fraction of sp³-hybridized carbons (Fsp3) is 0.444. The first-order valence-electron chi connectivity index (χ1n) is 7.89. The van der Waals surface area contributed by atoms with Crippen molar-refractivity contribution in [2.24, 2.45) is 0 Å². The van der Waals surface area contributed by atoms with Gasteiger partial charge in [-0.25, -0.2) is 0 Å². The van der Waals surface area contributed by atoms with Crippen LogP contribution in [0.3, 0.4) is 0 Å². The summed E-state index contributed by atoms with van der Waals surface area (Å²) < 4.78 is 0. The molecule has 0 fully saturated rings. The van der Waals surface area contributed by atoms with Crippen LogP contribution in [0, 0.1) is 20.8 Å². The first-order valence-corrected chi connectivity index (χ1v) is 8.88. The number of thioether (sulfide) groups is 1. The number of H-pyrrole nitrogens is 1. The molecule has 2 N–H and O–H groups in total. The second kappa shape index (κ2) is 7.68. The molecule has 0 bridgehead atoms. The molecule has 0 aliphatic heterocycles. The Balaban J connectivity index is 1.88. The zero-order valence-corrected chi connectivity index (χ0v) is 15.3. The van der Waals surface area contributed by atoms with Crippen molar-refractivity contribution in [1.29, 1.82) is 0 Å². The summed E-state index contributed by atoms with van der Waals surface area (Å²) in [6, 6.07) is 8.57. The van der Waals surface area contributed by atoms with Crippen molar-refractivity contribution in [1.82, 2.24) is 15.5 Å². The van der Waals surface area contributed by atoms with Gasteiger partial charge in [-0.05, 0) is 46.8 Å². The van der Waals surface area contributed by atoms with Gasteiger partial charge in [0.2, 0.25) is 5.91 Å². The summed E-state index contributed by atoms with van der Waals surface area (Å²) >= 11 is 1.76. The predicted molar refractivity (Wildman–Crippen MR) is 96.0 cm³/mol. The van der Waals surface area contributed by atoms with Gasteiger partial charge >= 0.3 is 0 Å². The molecule has 23 heavy (non-hydrogen) atoms. The molecule has 2 rings (SSSR count). The van der Waals surface area contributed by atoms with E-state index in [2.05, 4.69) is 46.7 Å². The monoisotopic (exact) mass is 331 g/mol. The Morgan fingerprint density at radius 2 is 1.87 bits per heavy atom. The van der Waals surface area contributed by atoms with E-state index >= 15 is 0 Å². The number of rotatable bonds is 6. The zero-order chi connectivity index (χ0) is 17.0. The minimum absolute atomic E-state index is 0.0506. The number of amides is 1. The Morgan fingerprint density at radius 3 is 2.43 bits per heavy atom. The minimum atomic E-state index is -0.194. The van der Waals surface area contributed by atoms with E-state index in [4.69, 9.17) is 0 Å². The van der Waals surface area contributed by atoms with Crippen molar-refractivity contribution in [3.63, 3.8) is 0 Å². The third-order valence-corrected chi connectivity index (χ3v) is 5.19. The first kappa shape index (κ1) is 17.6. The van der Waals surface area contributed by atoms with Gasteiger partial charge in [-0.2, -0.15) is 5.10 Å². The van der Waals surface area contributed by atoms with Crippen LogP contribution in [0.5, 0.6) is 0 Å². The topological polar surface area (TPSA) is 57.8 Å². The maximum atomic E-state index is 12.5. The van der Waals surface area contributed by atoms with E-state index < -0.39 is 0 Å². The highest BCUT2D eigenvalue weighted by Gasteiger charge is 2.22. The van der Waals surface area contributed by atoms with E-state index in [1.165, 1.54) is 10.5 Å². The van der Waals surface area contributed by atoms with E-state index in [0.29, 0.717) is 0 Å². The average Bonchev–Trinajstić information content (AvgIpc) is 2.85. The quantitative estimate of drug-likeness (QED) is 0.793. The number of aromatic nitrogens is 2. The van der Waals surface area contributed by atoms with Gasteiger partial charge in [0.15, 0.2) is 0 Å². The highest BCUT2D eigenvalue weighted by atomic mass is 32.2. The van der Waals surface area contributed by atoms with Crippen LogP contribution in [0.15, 0.2) is 29.2 Å². The lowest BCUT2D eigenvalue weighted by molar-refractivity contribution is -0.122. The van der Waals surface area contributed by atoms with Gasteiger partial charge in [-0.1, -0.05) is 17.7 Å². The Bertz CT molecular complexity index is 644. The molecule has 0 radical (unpaired) electrons. The lowest BCUT2D eigenvalue weighted by Crippen LogP contribution is -2.37. The molecule has 5 heteroatoms. The van der Waals surface area contributed by atoms with Crippen LogP contribution in [-0.2, 0) is 4.79 Å². The Hall–Kier alpha value is -1.75. The van der Waals surface area contributed by atoms with E-state index in [1.807, 2.05) is 27.7 Å². The molecule has 2 atom stereocenters. The van der Waals surface area contributed by atoms with Crippen LogP contribution in [0.2, 0.25) is 0 Å². The van der Waals surface area contributed by atoms with Crippen LogP contribution in [0.25, 0.3) is 0 Å². The standard InChI is InChI=1S/C18H25N3OS/c1-11-6-8-16(9-7-11)23-10-12(2)19-18(22)13(3)17-14(4)20-21-15(17)5/h6-9,12-13H,10H2,1-5H3,(H,19,22)(H,20,21)/t12-,13-/m0/s1. The van der Waals surface area contributed by atoms with Crippen molar-refractivity contribution in [3.8, 4) is 0 Å². The van der Waals surface area contributed by atoms with Gasteiger partial charge in [0.25, 0.3) is 0 Å². The van der Waals surface area contributed by atoms with Crippen LogP contribution in [-0.4, -0.2) is 27.9 Å². The highest BCUT2D eigenvalue weighted by Crippen LogP contribution is 2.22. The van der Waals surface area contributed by atoms with Crippen LogP contribution in [0.1, 0.15) is 42.3 Å². The predicted octanol–water partition coefficient (Wildman–Crippen LogP) is 3.74. The smallest absolute Gasteiger partial charge is 0.227 e.